The molecule has 5 aromatic carbocycles. The molecule has 0 atom stereocenters. The van der Waals surface area contributed by atoms with Gasteiger partial charge in [0, 0.05) is 29.7 Å². The quantitative estimate of drug-likeness (QED) is 0.246. The van der Waals surface area contributed by atoms with Gasteiger partial charge in [0.25, 0.3) is 0 Å². The van der Waals surface area contributed by atoms with Gasteiger partial charge in [-0.3, -0.25) is 0 Å². The van der Waals surface area contributed by atoms with E-state index in [-0.39, 0.29) is 0 Å². The third kappa shape index (κ3) is 4.41. The zero-order valence-electron chi connectivity index (χ0n) is 22.2. The number of fused-ring (bicyclic) bond motifs is 4. The van der Waals surface area contributed by atoms with Gasteiger partial charge < -0.3 is 14.6 Å². The predicted octanol–water partition coefficient (Wildman–Crippen LogP) is 7.61. The van der Waals surface area contributed by atoms with E-state index in [2.05, 4.69) is 88.7 Å². The van der Waals surface area contributed by atoms with E-state index in [1.807, 2.05) is 36.4 Å². The normalized spacial score (nSPS) is 12.8. The third-order valence-corrected chi connectivity index (χ3v) is 8.01. The first-order valence-electron chi connectivity index (χ1n) is 13.8. The molecule has 0 unspecified atom stereocenters. The van der Waals surface area contributed by atoms with Crippen LogP contribution in [0.1, 0.15) is 27.9 Å². The molecule has 0 amide bonds. The molecule has 194 valence electrons. The minimum absolute atomic E-state index is 0.434. The smallest absolute Gasteiger partial charge is 0.120 e. The summed E-state index contributed by atoms with van der Waals surface area (Å²) in [6.45, 7) is 3.13. The van der Waals surface area contributed by atoms with Crippen LogP contribution in [0.25, 0.3) is 32.8 Å². The SMILES string of the molecule is N#Cc1ccccc1-c1ccccc1COc1ccc2c(c1)c1c(n2Cc2ccc3ccccc3c2)CNCC1. The molecule has 0 radical (unpaired) electrons. The Hall–Kier alpha value is -4.85. The molecule has 0 bridgehead atoms. The minimum Gasteiger partial charge on any atom is -0.489 e. The summed E-state index contributed by atoms with van der Waals surface area (Å²) in [5.74, 6) is 0.861. The number of nitrogens with one attached hydrogen (secondary N) is 1. The van der Waals surface area contributed by atoms with Gasteiger partial charge in [0.15, 0.2) is 0 Å². The lowest BCUT2D eigenvalue weighted by Gasteiger charge is -2.17. The first kappa shape index (κ1) is 24.2. The molecule has 7 rings (SSSR count). The first-order valence-corrected chi connectivity index (χ1v) is 13.8. The van der Waals surface area contributed by atoms with Crippen molar-refractivity contribution < 1.29 is 4.74 Å². The van der Waals surface area contributed by atoms with Crippen molar-refractivity contribution in [3.8, 4) is 22.9 Å². The Morgan fingerprint density at radius 2 is 1.60 bits per heavy atom. The lowest BCUT2D eigenvalue weighted by Crippen LogP contribution is -2.25. The van der Waals surface area contributed by atoms with Gasteiger partial charge in [-0.15, -0.1) is 0 Å². The number of nitrogens with zero attached hydrogens (tertiary/aromatic N) is 2. The van der Waals surface area contributed by atoms with E-state index in [9.17, 15) is 5.26 Å². The summed E-state index contributed by atoms with van der Waals surface area (Å²) in [5.41, 5.74) is 9.04. The van der Waals surface area contributed by atoms with Gasteiger partial charge in [0.2, 0.25) is 0 Å². The van der Waals surface area contributed by atoms with Crippen LogP contribution in [0.4, 0.5) is 0 Å². The number of benzene rings is 5. The maximum absolute atomic E-state index is 9.63. The minimum atomic E-state index is 0.434. The Bertz CT molecular complexity index is 1910. The van der Waals surface area contributed by atoms with Crippen molar-refractivity contribution in [1.29, 1.82) is 5.26 Å². The van der Waals surface area contributed by atoms with Crippen LogP contribution in [0, 0.1) is 11.3 Å². The van der Waals surface area contributed by atoms with E-state index in [0.717, 1.165) is 48.5 Å². The van der Waals surface area contributed by atoms with Crippen LogP contribution in [0.5, 0.6) is 5.75 Å². The summed E-state index contributed by atoms with van der Waals surface area (Å²) in [7, 11) is 0. The van der Waals surface area contributed by atoms with E-state index in [0.29, 0.717) is 12.2 Å². The Morgan fingerprint density at radius 3 is 2.50 bits per heavy atom. The number of ether oxygens (including phenoxy) is 1. The van der Waals surface area contributed by atoms with Crippen molar-refractivity contribution in [1.82, 2.24) is 9.88 Å². The lowest BCUT2D eigenvalue weighted by atomic mass is 9.96. The number of nitriles is 1. The standard InChI is InChI=1S/C36H29N3O/c37-21-28-9-3-5-11-31(28)32-12-6-4-10-29(32)24-40-30-15-16-35-34(20-30)33-17-18-38-22-36(33)39(35)23-25-13-14-26-7-1-2-8-27(26)19-25/h1-16,19-20,38H,17-18,22-24H2. The molecule has 4 heteroatoms. The molecule has 4 nitrogen and oxygen atoms in total. The summed E-state index contributed by atoms with van der Waals surface area (Å²) in [4.78, 5) is 0. The fraction of sp³-hybridized carbons (Fsp3) is 0.139. The van der Waals surface area contributed by atoms with E-state index in [4.69, 9.17) is 4.74 Å². The second-order valence-electron chi connectivity index (χ2n) is 10.4. The molecule has 0 fully saturated rings. The molecule has 40 heavy (non-hydrogen) atoms. The van der Waals surface area contributed by atoms with Gasteiger partial charge in [-0.05, 0) is 81.9 Å². The van der Waals surface area contributed by atoms with Crippen LogP contribution in [0.15, 0.2) is 109 Å². The van der Waals surface area contributed by atoms with Crippen LogP contribution in [-0.4, -0.2) is 11.1 Å². The Labute approximate surface area is 234 Å². The lowest BCUT2D eigenvalue weighted by molar-refractivity contribution is 0.307. The van der Waals surface area contributed by atoms with Crippen molar-refractivity contribution in [2.24, 2.45) is 0 Å². The molecular weight excluding hydrogens is 490 g/mol. The average molecular weight is 520 g/mol. The second-order valence-corrected chi connectivity index (χ2v) is 10.4. The summed E-state index contributed by atoms with van der Waals surface area (Å²) in [5, 5.41) is 17.0. The van der Waals surface area contributed by atoms with E-state index in [1.54, 1.807) is 0 Å². The molecule has 0 aliphatic carbocycles. The summed E-state index contributed by atoms with van der Waals surface area (Å²) < 4.78 is 8.87. The average Bonchev–Trinajstić information content (AvgIpc) is 3.32. The summed E-state index contributed by atoms with van der Waals surface area (Å²) >= 11 is 0. The highest BCUT2D eigenvalue weighted by Crippen LogP contribution is 2.34. The Kier molecular flexibility index (Phi) is 6.28. The monoisotopic (exact) mass is 519 g/mol. The maximum atomic E-state index is 9.63. The number of hydrogen-bond donors (Lipinski definition) is 1. The van der Waals surface area contributed by atoms with Crippen molar-refractivity contribution in [2.45, 2.75) is 26.1 Å². The molecule has 1 N–H and O–H groups in total. The number of aromatic nitrogens is 1. The number of rotatable bonds is 6. The molecule has 6 aromatic rings. The van der Waals surface area contributed by atoms with Gasteiger partial charge >= 0.3 is 0 Å². The second kappa shape index (κ2) is 10.4. The van der Waals surface area contributed by atoms with Crippen molar-refractivity contribution in [3.63, 3.8) is 0 Å². The van der Waals surface area contributed by atoms with Gasteiger partial charge in [0.05, 0.1) is 11.6 Å². The van der Waals surface area contributed by atoms with E-state index >= 15 is 0 Å². The van der Waals surface area contributed by atoms with Crippen LogP contribution in [0.2, 0.25) is 0 Å². The Balaban J connectivity index is 1.21. The number of hydrogen-bond acceptors (Lipinski definition) is 3. The van der Waals surface area contributed by atoms with Crippen LogP contribution >= 0.6 is 0 Å². The topological polar surface area (TPSA) is 50.0 Å². The van der Waals surface area contributed by atoms with Crippen LogP contribution in [-0.2, 0) is 26.1 Å². The van der Waals surface area contributed by atoms with Crippen LogP contribution in [0.3, 0.4) is 0 Å². The van der Waals surface area contributed by atoms with Gasteiger partial charge in [-0.2, -0.15) is 5.26 Å². The van der Waals surface area contributed by atoms with Crippen molar-refractivity contribution in [2.75, 3.05) is 6.54 Å². The van der Waals surface area contributed by atoms with Gasteiger partial charge in [-0.25, -0.2) is 0 Å². The largest absolute Gasteiger partial charge is 0.489 e. The zero-order chi connectivity index (χ0) is 26.9. The fourth-order valence-corrected chi connectivity index (χ4v) is 6.03. The predicted molar refractivity (Wildman–Crippen MR) is 161 cm³/mol. The molecule has 1 aliphatic rings. The molecule has 2 heterocycles. The van der Waals surface area contributed by atoms with Crippen molar-refractivity contribution in [3.05, 3.63) is 137 Å². The van der Waals surface area contributed by atoms with Gasteiger partial charge in [-0.1, -0.05) is 78.9 Å². The highest BCUT2D eigenvalue weighted by molar-refractivity contribution is 5.88. The fourth-order valence-electron chi connectivity index (χ4n) is 6.03. The van der Waals surface area contributed by atoms with Gasteiger partial charge in [0.1, 0.15) is 12.4 Å². The highest BCUT2D eigenvalue weighted by atomic mass is 16.5. The van der Waals surface area contributed by atoms with Crippen LogP contribution < -0.4 is 10.1 Å². The zero-order valence-corrected chi connectivity index (χ0v) is 22.2. The third-order valence-electron chi connectivity index (χ3n) is 8.01. The molecule has 0 saturated heterocycles. The Morgan fingerprint density at radius 1 is 0.800 bits per heavy atom. The highest BCUT2D eigenvalue weighted by Gasteiger charge is 2.21. The maximum Gasteiger partial charge on any atom is 0.120 e. The van der Waals surface area contributed by atoms with Crippen molar-refractivity contribution >= 4 is 21.7 Å². The molecule has 1 aromatic heterocycles. The first-order chi connectivity index (χ1) is 19.8. The molecular formula is C36H29N3O. The molecule has 1 aliphatic heterocycles. The summed E-state index contributed by atoms with van der Waals surface area (Å²) in [6, 6.07) is 40.1. The van der Waals surface area contributed by atoms with E-state index < -0.39 is 0 Å². The van der Waals surface area contributed by atoms with E-state index in [1.165, 1.54) is 38.5 Å². The summed E-state index contributed by atoms with van der Waals surface area (Å²) in [6.07, 6.45) is 1.01. The molecule has 0 saturated carbocycles. The molecule has 0 spiro atoms.